The molecule has 0 saturated heterocycles. The van der Waals surface area contributed by atoms with Crippen LogP contribution in [0, 0.1) is 19.7 Å². The quantitative estimate of drug-likeness (QED) is 0.883. The van der Waals surface area contributed by atoms with E-state index in [1.807, 2.05) is 6.92 Å². The Morgan fingerprint density at radius 2 is 2.04 bits per heavy atom. The van der Waals surface area contributed by atoms with Gasteiger partial charge in [0.15, 0.2) is 0 Å². The van der Waals surface area contributed by atoms with E-state index < -0.39 is 17.8 Å². The maximum absolute atomic E-state index is 13.8. The number of carbonyl (C=O) groups is 2. The number of carbonyl (C=O) groups excluding carboxylic acids is 2. The lowest BCUT2D eigenvalue weighted by molar-refractivity contribution is -0.117. The van der Waals surface area contributed by atoms with E-state index in [-0.39, 0.29) is 11.6 Å². The monoisotopic (exact) mass is 332 g/mol. The molecule has 1 atom stereocenters. The van der Waals surface area contributed by atoms with Gasteiger partial charge in [0, 0.05) is 12.7 Å². The van der Waals surface area contributed by atoms with Crippen molar-refractivity contribution in [3.05, 3.63) is 47.0 Å². The molecular formula is C17H21FN4O2. The molecule has 2 N–H and O–H groups in total. The van der Waals surface area contributed by atoms with Gasteiger partial charge in [0.05, 0.1) is 16.9 Å². The molecule has 1 heterocycles. The molecule has 0 aliphatic heterocycles. The number of nitrogens with one attached hydrogen (secondary N) is 2. The Hall–Kier alpha value is -2.70. The number of benzene rings is 1. The number of amides is 2. The lowest BCUT2D eigenvalue weighted by Gasteiger charge is -2.14. The summed E-state index contributed by atoms with van der Waals surface area (Å²) >= 11 is 0. The number of aromatic nitrogens is 2. The largest absolute Gasteiger partial charge is 0.340 e. The Balaban J connectivity index is 2.02. The lowest BCUT2D eigenvalue weighted by Crippen LogP contribution is -2.41. The molecule has 0 aliphatic rings. The number of halogens is 1. The number of anilines is 1. The third-order valence-electron chi connectivity index (χ3n) is 3.64. The van der Waals surface area contributed by atoms with Gasteiger partial charge >= 0.3 is 0 Å². The molecule has 0 radical (unpaired) electrons. The van der Waals surface area contributed by atoms with E-state index in [9.17, 15) is 14.0 Å². The van der Waals surface area contributed by atoms with Gasteiger partial charge in [-0.3, -0.25) is 14.3 Å². The normalized spacial score (nSPS) is 11.9. The van der Waals surface area contributed by atoms with E-state index in [0.29, 0.717) is 17.8 Å². The van der Waals surface area contributed by atoms with Crippen molar-refractivity contribution in [2.75, 3.05) is 5.32 Å². The van der Waals surface area contributed by atoms with Gasteiger partial charge in [-0.25, -0.2) is 4.39 Å². The fourth-order valence-electron chi connectivity index (χ4n) is 2.21. The van der Waals surface area contributed by atoms with E-state index >= 15 is 0 Å². The molecule has 1 unspecified atom stereocenters. The van der Waals surface area contributed by atoms with E-state index in [2.05, 4.69) is 15.7 Å². The summed E-state index contributed by atoms with van der Waals surface area (Å²) in [4.78, 5) is 24.4. The molecule has 6 nitrogen and oxygen atoms in total. The number of hydrogen-bond donors (Lipinski definition) is 2. The minimum atomic E-state index is -0.817. The van der Waals surface area contributed by atoms with Crippen molar-refractivity contribution >= 4 is 17.5 Å². The SMILES string of the molecule is CCn1cc(C(=O)NC(C)C(=O)Nc2ccc(C)cc2F)c(C)n1. The second kappa shape index (κ2) is 7.25. The van der Waals surface area contributed by atoms with Crippen molar-refractivity contribution in [3.63, 3.8) is 0 Å². The van der Waals surface area contributed by atoms with Crippen LogP contribution in [0.2, 0.25) is 0 Å². The van der Waals surface area contributed by atoms with Gasteiger partial charge < -0.3 is 10.6 Å². The number of hydrogen-bond acceptors (Lipinski definition) is 3. The molecule has 7 heteroatoms. The van der Waals surface area contributed by atoms with Gasteiger partial charge in [0.1, 0.15) is 11.9 Å². The minimum absolute atomic E-state index is 0.0849. The predicted molar refractivity (Wildman–Crippen MR) is 89.3 cm³/mol. The van der Waals surface area contributed by atoms with Crippen LogP contribution in [-0.4, -0.2) is 27.6 Å². The molecule has 2 aromatic rings. The van der Waals surface area contributed by atoms with Crippen LogP contribution in [0.1, 0.15) is 35.5 Å². The molecule has 24 heavy (non-hydrogen) atoms. The second-order valence-corrected chi connectivity index (χ2v) is 5.65. The maximum atomic E-state index is 13.8. The summed E-state index contributed by atoms with van der Waals surface area (Å²) < 4.78 is 15.4. The first-order chi connectivity index (χ1) is 11.3. The lowest BCUT2D eigenvalue weighted by atomic mass is 10.2. The van der Waals surface area contributed by atoms with Crippen molar-refractivity contribution in [2.24, 2.45) is 0 Å². The first-order valence-corrected chi connectivity index (χ1v) is 7.73. The van der Waals surface area contributed by atoms with E-state index in [4.69, 9.17) is 0 Å². The highest BCUT2D eigenvalue weighted by Crippen LogP contribution is 2.15. The minimum Gasteiger partial charge on any atom is -0.340 e. The van der Waals surface area contributed by atoms with Crippen LogP contribution in [0.15, 0.2) is 24.4 Å². The Bertz CT molecular complexity index is 770. The molecule has 0 aliphatic carbocycles. The highest BCUT2D eigenvalue weighted by atomic mass is 19.1. The first-order valence-electron chi connectivity index (χ1n) is 7.73. The summed E-state index contributed by atoms with van der Waals surface area (Å²) in [7, 11) is 0. The first kappa shape index (κ1) is 17.7. The average molecular weight is 332 g/mol. The zero-order valence-electron chi connectivity index (χ0n) is 14.2. The highest BCUT2D eigenvalue weighted by molar-refractivity contribution is 6.01. The smallest absolute Gasteiger partial charge is 0.255 e. The third-order valence-corrected chi connectivity index (χ3v) is 3.64. The van der Waals surface area contributed by atoms with Crippen molar-refractivity contribution in [3.8, 4) is 0 Å². The van der Waals surface area contributed by atoms with Gasteiger partial charge in [-0.1, -0.05) is 6.07 Å². The van der Waals surface area contributed by atoms with Gasteiger partial charge in [-0.05, 0) is 45.4 Å². The fraction of sp³-hybridized carbons (Fsp3) is 0.353. The third kappa shape index (κ3) is 3.98. The molecule has 2 amide bonds. The van der Waals surface area contributed by atoms with Gasteiger partial charge in [0.25, 0.3) is 5.91 Å². The van der Waals surface area contributed by atoms with Crippen molar-refractivity contribution in [1.82, 2.24) is 15.1 Å². The standard InChI is InChI=1S/C17H21FN4O2/c1-5-22-9-13(11(3)21-22)17(24)19-12(4)16(23)20-15-7-6-10(2)8-14(15)18/h6-9,12H,5H2,1-4H3,(H,19,24)(H,20,23). The molecule has 0 fully saturated rings. The molecular weight excluding hydrogens is 311 g/mol. The summed E-state index contributed by atoms with van der Waals surface area (Å²) in [5.74, 6) is -1.40. The Kier molecular flexibility index (Phi) is 5.33. The second-order valence-electron chi connectivity index (χ2n) is 5.65. The average Bonchev–Trinajstić information content (AvgIpc) is 2.91. The predicted octanol–water partition coefficient (Wildman–Crippen LogP) is 2.42. The van der Waals surface area contributed by atoms with Crippen LogP contribution >= 0.6 is 0 Å². The van der Waals surface area contributed by atoms with Crippen LogP contribution in [0.3, 0.4) is 0 Å². The number of aryl methyl sites for hydroxylation is 3. The molecule has 0 spiro atoms. The Morgan fingerprint density at radius 1 is 1.33 bits per heavy atom. The van der Waals surface area contributed by atoms with E-state index in [1.165, 1.54) is 12.1 Å². The summed E-state index contributed by atoms with van der Waals surface area (Å²) in [6.07, 6.45) is 1.63. The van der Waals surface area contributed by atoms with Gasteiger partial charge in [-0.15, -0.1) is 0 Å². The van der Waals surface area contributed by atoms with Crippen LogP contribution in [0.25, 0.3) is 0 Å². The van der Waals surface area contributed by atoms with E-state index in [1.54, 1.807) is 37.7 Å². The summed E-state index contributed by atoms with van der Waals surface area (Å²) in [6, 6.07) is 3.71. The number of rotatable bonds is 5. The molecule has 1 aromatic heterocycles. The van der Waals surface area contributed by atoms with Crippen molar-refractivity contribution < 1.29 is 14.0 Å². The highest BCUT2D eigenvalue weighted by Gasteiger charge is 2.20. The summed E-state index contributed by atoms with van der Waals surface area (Å²) in [5, 5.41) is 9.27. The topological polar surface area (TPSA) is 76.0 Å². The van der Waals surface area contributed by atoms with Crippen LogP contribution < -0.4 is 10.6 Å². The Labute approximate surface area is 140 Å². The van der Waals surface area contributed by atoms with Crippen LogP contribution in [0.5, 0.6) is 0 Å². The molecule has 128 valence electrons. The van der Waals surface area contributed by atoms with Crippen molar-refractivity contribution in [1.29, 1.82) is 0 Å². The molecule has 0 saturated carbocycles. The molecule has 2 rings (SSSR count). The summed E-state index contributed by atoms with van der Waals surface area (Å²) in [5.41, 5.74) is 1.85. The zero-order valence-corrected chi connectivity index (χ0v) is 14.2. The number of nitrogens with zero attached hydrogens (tertiary/aromatic N) is 2. The molecule has 0 bridgehead atoms. The van der Waals surface area contributed by atoms with Gasteiger partial charge in [0.2, 0.25) is 5.91 Å². The van der Waals surface area contributed by atoms with Gasteiger partial charge in [-0.2, -0.15) is 5.10 Å². The molecule has 1 aromatic carbocycles. The fourth-order valence-corrected chi connectivity index (χ4v) is 2.21. The zero-order chi connectivity index (χ0) is 17.9. The van der Waals surface area contributed by atoms with E-state index in [0.717, 1.165) is 5.56 Å². The maximum Gasteiger partial charge on any atom is 0.255 e. The Morgan fingerprint density at radius 3 is 2.62 bits per heavy atom. The van der Waals surface area contributed by atoms with Crippen molar-refractivity contribution in [2.45, 2.75) is 40.3 Å². The van der Waals surface area contributed by atoms with Crippen LogP contribution in [0.4, 0.5) is 10.1 Å². The van der Waals surface area contributed by atoms with Crippen LogP contribution in [-0.2, 0) is 11.3 Å². The summed E-state index contributed by atoms with van der Waals surface area (Å²) in [6.45, 7) is 7.60.